The Morgan fingerprint density at radius 1 is 1.03 bits per heavy atom. The van der Waals surface area contributed by atoms with E-state index < -0.39 is 15.7 Å². The van der Waals surface area contributed by atoms with Crippen molar-refractivity contribution in [3.8, 4) is 5.69 Å². The second-order valence-electron chi connectivity index (χ2n) is 6.19. The molecule has 4 aromatic rings. The molecular weight excluding hydrogens is 392 g/mol. The first kappa shape index (κ1) is 18.6. The fourth-order valence-corrected chi connectivity index (χ4v) is 4.17. The molecule has 0 aliphatic rings. The number of carbonyl (C=O) groups is 1. The molecular formula is C20H16N4O4S. The topological polar surface area (TPSA) is 107 Å². The second kappa shape index (κ2) is 7.72. The summed E-state index contributed by atoms with van der Waals surface area (Å²) in [6.07, 6.45) is 4.30. The number of amides is 1. The molecule has 29 heavy (non-hydrogen) atoms. The van der Waals surface area contributed by atoms with Gasteiger partial charge in [0, 0.05) is 11.3 Å². The number of carbonyl (C=O) groups excluding carboxylic acids is 1. The van der Waals surface area contributed by atoms with Crippen LogP contribution in [0.15, 0.2) is 88.9 Å². The van der Waals surface area contributed by atoms with E-state index in [0.29, 0.717) is 11.3 Å². The molecule has 0 unspecified atom stereocenters. The average molecular weight is 408 g/mol. The summed E-state index contributed by atoms with van der Waals surface area (Å²) in [7, 11) is -3.60. The number of anilines is 1. The van der Waals surface area contributed by atoms with Gasteiger partial charge in [0.15, 0.2) is 15.6 Å². The molecule has 0 spiro atoms. The summed E-state index contributed by atoms with van der Waals surface area (Å²) in [5, 5.41) is 6.74. The summed E-state index contributed by atoms with van der Waals surface area (Å²) in [5.41, 5.74) is 1.62. The predicted octanol–water partition coefficient (Wildman–Crippen LogP) is 3.09. The van der Waals surface area contributed by atoms with E-state index >= 15 is 0 Å². The van der Waals surface area contributed by atoms with Crippen LogP contribution in [-0.4, -0.2) is 29.1 Å². The molecule has 0 radical (unpaired) electrons. The zero-order valence-corrected chi connectivity index (χ0v) is 15.9. The van der Waals surface area contributed by atoms with Crippen LogP contribution in [0.4, 0.5) is 5.69 Å². The molecule has 0 atom stereocenters. The summed E-state index contributed by atoms with van der Waals surface area (Å²) < 4.78 is 32.0. The molecule has 2 heterocycles. The molecule has 0 bridgehead atoms. The van der Waals surface area contributed by atoms with Crippen molar-refractivity contribution in [2.75, 3.05) is 5.32 Å². The largest absolute Gasteiger partial charge is 0.459 e. The molecule has 146 valence electrons. The van der Waals surface area contributed by atoms with E-state index in [-0.39, 0.29) is 16.4 Å². The van der Waals surface area contributed by atoms with Crippen LogP contribution in [0.25, 0.3) is 5.69 Å². The van der Waals surface area contributed by atoms with Gasteiger partial charge in [-0.3, -0.25) is 4.79 Å². The monoisotopic (exact) mass is 408 g/mol. The van der Waals surface area contributed by atoms with Crippen LogP contribution in [-0.2, 0) is 15.6 Å². The van der Waals surface area contributed by atoms with Crippen molar-refractivity contribution >= 4 is 21.4 Å². The number of nitrogens with zero attached hydrogens (tertiary/aromatic N) is 3. The van der Waals surface area contributed by atoms with Crippen LogP contribution in [0.3, 0.4) is 0 Å². The van der Waals surface area contributed by atoms with Crippen LogP contribution in [0.2, 0.25) is 0 Å². The van der Waals surface area contributed by atoms with Gasteiger partial charge in [-0.1, -0.05) is 18.2 Å². The van der Waals surface area contributed by atoms with Gasteiger partial charge < -0.3 is 9.73 Å². The highest BCUT2D eigenvalue weighted by Crippen LogP contribution is 2.21. The minimum absolute atomic E-state index is 0.0372. The SMILES string of the molecule is O=C(Nc1ccc(-n2cncn2)cc1)c1occc1CS(=O)(=O)c1ccccc1. The molecule has 2 aromatic carbocycles. The van der Waals surface area contributed by atoms with Gasteiger partial charge in [-0.05, 0) is 42.5 Å². The van der Waals surface area contributed by atoms with E-state index in [1.807, 2.05) is 0 Å². The second-order valence-corrected chi connectivity index (χ2v) is 8.18. The van der Waals surface area contributed by atoms with Crippen molar-refractivity contribution in [3.63, 3.8) is 0 Å². The Morgan fingerprint density at radius 2 is 1.79 bits per heavy atom. The average Bonchev–Trinajstić information content (AvgIpc) is 3.41. The molecule has 2 aromatic heterocycles. The van der Waals surface area contributed by atoms with Gasteiger partial charge in [0.1, 0.15) is 12.7 Å². The van der Waals surface area contributed by atoms with Gasteiger partial charge >= 0.3 is 0 Å². The summed E-state index contributed by atoms with van der Waals surface area (Å²) in [4.78, 5) is 16.7. The van der Waals surface area contributed by atoms with Crippen molar-refractivity contribution in [3.05, 3.63) is 90.9 Å². The van der Waals surface area contributed by atoms with Crippen molar-refractivity contribution in [1.82, 2.24) is 14.8 Å². The molecule has 1 N–H and O–H groups in total. The molecule has 9 heteroatoms. The molecule has 8 nitrogen and oxygen atoms in total. The number of furan rings is 1. The Hall–Kier alpha value is -3.72. The number of nitrogens with one attached hydrogen (secondary N) is 1. The fourth-order valence-electron chi connectivity index (χ4n) is 2.79. The minimum Gasteiger partial charge on any atom is -0.459 e. The molecule has 0 aliphatic carbocycles. The summed E-state index contributed by atoms with van der Waals surface area (Å²) in [6.45, 7) is 0. The molecule has 0 saturated carbocycles. The maximum atomic E-state index is 12.6. The van der Waals surface area contributed by atoms with E-state index in [4.69, 9.17) is 4.42 Å². The third kappa shape index (κ3) is 4.09. The Bertz CT molecular complexity index is 1220. The van der Waals surface area contributed by atoms with Gasteiger partial charge in [-0.25, -0.2) is 18.1 Å². The first-order valence-electron chi connectivity index (χ1n) is 8.63. The Morgan fingerprint density at radius 3 is 2.48 bits per heavy atom. The predicted molar refractivity (Wildman–Crippen MR) is 105 cm³/mol. The maximum Gasteiger partial charge on any atom is 0.291 e. The lowest BCUT2D eigenvalue weighted by molar-refractivity contribution is 0.0996. The highest BCUT2D eigenvalue weighted by atomic mass is 32.2. The smallest absolute Gasteiger partial charge is 0.291 e. The van der Waals surface area contributed by atoms with E-state index in [1.165, 1.54) is 30.8 Å². The van der Waals surface area contributed by atoms with Crippen molar-refractivity contribution in [2.45, 2.75) is 10.6 Å². The first-order valence-corrected chi connectivity index (χ1v) is 10.3. The van der Waals surface area contributed by atoms with Gasteiger partial charge in [-0.2, -0.15) is 5.10 Å². The molecule has 0 fully saturated rings. The van der Waals surface area contributed by atoms with E-state index in [0.717, 1.165) is 5.69 Å². The first-order chi connectivity index (χ1) is 14.0. The lowest BCUT2D eigenvalue weighted by atomic mass is 10.2. The number of rotatable bonds is 6. The van der Waals surface area contributed by atoms with Gasteiger partial charge in [0.2, 0.25) is 0 Å². The number of aromatic nitrogens is 3. The lowest BCUT2D eigenvalue weighted by Crippen LogP contribution is -2.14. The van der Waals surface area contributed by atoms with Crippen molar-refractivity contribution in [1.29, 1.82) is 0 Å². The quantitative estimate of drug-likeness (QED) is 0.525. The third-order valence-corrected chi connectivity index (χ3v) is 5.89. The Kier molecular flexibility index (Phi) is 4.96. The van der Waals surface area contributed by atoms with Gasteiger partial charge in [-0.15, -0.1) is 0 Å². The van der Waals surface area contributed by atoms with Crippen LogP contribution in [0.1, 0.15) is 16.1 Å². The zero-order valence-electron chi connectivity index (χ0n) is 15.1. The number of sulfone groups is 1. The lowest BCUT2D eigenvalue weighted by Gasteiger charge is -2.07. The Labute approximate surface area is 166 Å². The highest BCUT2D eigenvalue weighted by Gasteiger charge is 2.22. The van der Waals surface area contributed by atoms with Crippen LogP contribution >= 0.6 is 0 Å². The number of benzene rings is 2. The number of hydrogen-bond acceptors (Lipinski definition) is 6. The normalized spacial score (nSPS) is 11.3. The molecule has 4 rings (SSSR count). The highest BCUT2D eigenvalue weighted by molar-refractivity contribution is 7.90. The third-order valence-electron chi connectivity index (χ3n) is 4.21. The van der Waals surface area contributed by atoms with Crippen LogP contribution < -0.4 is 5.32 Å². The van der Waals surface area contributed by atoms with Crippen molar-refractivity contribution in [2.24, 2.45) is 0 Å². The van der Waals surface area contributed by atoms with E-state index in [9.17, 15) is 13.2 Å². The maximum absolute atomic E-state index is 12.6. The number of hydrogen-bond donors (Lipinski definition) is 1. The summed E-state index contributed by atoms with van der Waals surface area (Å²) in [6, 6.07) is 16.5. The van der Waals surface area contributed by atoms with E-state index in [1.54, 1.807) is 53.5 Å². The van der Waals surface area contributed by atoms with Crippen LogP contribution in [0.5, 0.6) is 0 Å². The van der Waals surface area contributed by atoms with Crippen LogP contribution in [0, 0.1) is 0 Å². The Balaban J connectivity index is 1.50. The van der Waals surface area contributed by atoms with Crippen molar-refractivity contribution < 1.29 is 17.6 Å². The summed E-state index contributed by atoms with van der Waals surface area (Å²) in [5.74, 6) is -0.895. The fraction of sp³-hybridized carbons (Fsp3) is 0.0500. The minimum atomic E-state index is -3.60. The van der Waals surface area contributed by atoms with Gasteiger partial charge in [0.05, 0.1) is 22.6 Å². The molecule has 1 amide bonds. The molecule has 0 aliphatic heterocycles. The standard InChI is InChI=1S/C20H16N4O4S/c25-20(23-16-6-8-17(9-7-16)24-14-21-13-22-24)19-15(10-11-28-19)12-29(26,27)18-4-2-1-3-5-18/h1-11,13-14H,12H2,(H,23,25). The molecule has 0 saturated heterocycles. The van der Waals surface area contributed by atoms with E-state index in [2.05, 4.69) is 15.4 Å². The zero-order chi connectivity index (χ0) is 20.3. The van der Waals surface area contributed by atoms with Gasteiger partial charge in [0.25, 0.3) is 5.91 Å². The summed E-state index contributed by atoms with van der Waals surface area (Å²) >= 11 is 0.